The number of methoxy groups -OCH3 is 2. The van der Waals surface area contributed by atoms with E-state index >= 15 is 0 Å². The zero-order valence-electron chi connectivity index (χ0n) is 14.5. The van der Waals surface area contributed by atoms with Crippen LogP contribution in [0.4, 0.5) is 0 Å². The van der Waals surface area contributed by atoms with Gasteiger partial charge in [0.2, 0.25) is 0 Å². The summed E-state index contributed by atoms with van der Waals surface area (Å²) in [5.74, 6) is 0.0430. The molecule has 1 aliphatic rings. The molecular formula is C20H23NO4. The number of benzene rings is 2. The summed E-state index contributed by atoms with van der Waals surface area (Å²) >= 11 is 0. The maximum atomic E-state index is 11.8. The van der Waals surface area contributed by atoms with Crippen molar-refractivity contribution in [1.82, 2.24) is 4.90 Å². The third kappa shape index (κ3) is 3.77. The average molecular weight is 341 g/mol. The van der Waals surface area contributed by atoms with Crippen LogP contribution in [0.15, 0.2) is 48.5 Å². The molecule has 0 aliphatic carbocycles. The number of likely N-dealkylation sites (tertiary alicyclic amines) is 1. The van der Waals surface area contributed by atoms with E-state index in [1.807, 2.05) is 36.4 Å². The highest BCUT2D eigenvalue weighted by atomic mass is 16.5. The molecule has 1 saturated heterocycles. The normalized spacial score (nSPS) is 20.4. The molecule has 5 heteroatoms. The highest BCUT2D eigenvalue weighted by molar-refractivity contribution is 5.72. The maximum Gasteiger partial charge on any atom is 0.308 e. The van der Waals surface area contributed by atoms with Crippen LogP contribution in [-0.4, -0.2) is 43.3 Å². The van der Waals surface area contributed by atoms with Crippen LogP contribution < -0.4 is 9.47 Å². The predicted molar refractivity (Wildman–Crippen MR) is 95.1 cm³/mol. The molecule has 0 aromatic heterocycles. The van der Waals surface area contributed by atoms with Crippen LogP contribution in [-0.2, 0) is 11.3 Å². The fraction of sp³-hybridized carbons (Fsp3) is 0.350. The van der Waals surface area contributed by atoms with Gasteiger partial charge in [0.15, 0.2) is 0 Å². The molecule has 0 bridgehead atoms. The van der Waals surface area contributed by atoms with Crippen LogP contribution >= 0.6 is 0 Å². The Bertz CT molecular complexity index is 732. The van der Waals surface area contributed by atoms with E-state index < -0.39 is 11.9 Å². The van der Waals surface area contributed by atoms with Crippen molar-refractivity contribution in [2.24, 2.45) is 5.92 Å². The van der Waals surface area contributed by atoms with E-state index in [4.69, 9.17) is 9.47 Å². The number of ether oxygens (including phenoxy) is 2. The average Bonchev–Trinajstić information content (AvgIpc) is 3.06. The maximum absolute atomic E-state index is 11.8. The Kier molecular flexibility index (Phi) is 5.24. The number of carboxylic acids is 1. The van der Waals surface area contributed by atoms with E-state index in [9.17, 15) is 9.90 Å². The number of nitrogens with zero attached hydrogens (tertiary/aromatic N) is 1. The van der Waals surface area contributed by atoms with Crippen molar-refractivity contribution in [3.8, 4) is 11.5 Å². The van der Waals surface area contributed by atoms with Gasteiger partial charge in [-0.05, 0) is 23.8 Å². The summed E-state index contributed by atoms with van der Waals surface area (Å²) in [6.07, 6.45) is 0. The van der Waals surface area contributed by atoms with Gasteiger partial charge in [-0.2, -0.15) is 0 Å². The lowest BCUT2D eigenvalue weighted by atomic mass is 9.88. The van der Waals surface area contributed by atoms with E-state index in [0.717, 1.165) is 12.1 Å². The number of carboxylic acid groups (broad SMARTS) is 1. The van der Waals surface area contributed by atoms with Crippen LogP contribution in [0.5, 0.6) is 11.5 Å². The van der Waals surface area contributed by atoms with Gasteiger partial charge < -0.3 is 14.6 Å². The smallest absolute Gasteiger partial charge is 0.308 e. The Morgan fingerprint density at radius 3 is 2.52 bits per heavy atom. The molecule has 1 N–H and O–H groups in total. The fourth-order valence-electron chi connectivity index (χ4n) is 3.55. The van der Waals surface area contributed by atoms with Crippen LogP contribution in [0.2, 0.25) is 0 Å². The van der Waals surface area contributed by atoms with Crippen LogP contribution in [0, 0.1) is 5.92 Å². The highest BCUT2D eigenvalue weighted by Gasteiger charge is 2.39. The van der Waals surface area contributed by atoms with Crippen LogP contribution in [0.3, 0.4) is 0 Å². The Hall–Kier alpha value is -2.53. The number of aliphatic carboxylic acids is 1. The first kappa shape index (κ1) is 17.3. The highest BCUT2D eigenvalue weighted by Crippen LogP contribution is 2.39. The molecule has 0 saturated carbocycles. The van der Waals surface area contributed by atoms with Crippen LogP contribution in [0.1, 0.15) is 17.0 Å². The van der Waals surface area contributed by atoms with E-state index in [0.29, 0.717) is 24.6 Å². The SMILES string of the molecule is COc1ccc(OC)c([C@H]2CN(Cc3ccccc3)C[C@@H]2C(=O)O)c1. The second kappa shape index (κ2) is 7.57. The Labute approximate surface area is 147 Å². The third-order valence-electron chi connectivity index (χ3n) is 4.80. The quantitative estimate of drug-likeness (QED) is 0.875. The van der Waals surface area contributed by atoms with Gasteiger partial charge in [-0.3, -0.25) is 9.69 Å². The second-order valence-corrected chi connectivity index (χ2v) is 6.34. The lowest BCUT2D eigenvalue weighted by Crippen LogP contribution is -2.23. The van der Waals surface area contributed by atoms with E-state index in [-0.39, 0.29) is 5.92 Å². The number of carbonyl (C=O) groups is 1. The molecule has 0 unspecified atom stereocenters. The van der Waals surface area contributed by atoms with Gasteiger partial charge in [0.05, 0.1) is 20.1 Å². The molecule has 5 nitrogen and oxygen atoms in total. The third-order valence-corrected chi connectivity index (χ3v) is 4.80. The molecule has 25 heavy (non-hydrogen) atoms. The summed E-state index contributed by atoms with van der Waals surface area (Å²) < 4.78 is 10.8. The van der Waals surface area contributed by atoms with Gasteiger partial charge in [-0.15, -0.1) is 0 Å². The lowest BCUT2D eigenvalue weighted by molar-refractivity contribution is -0.141. The lowest BCUT2D eigenvalue weighted by Gasteiger charge is -2.19. The standard InChI is InChI=1S/C20H23NO4/c1-24-15-8-9-19(25-2)16(10-15)17-12-21(13-18(17)20(22)23)11-14-6-4-3-5-7-14/h3-10,17-18H,11-13H2,1-2H3,(H,22,23)/t17-,18+/m1/s1. The van der Waals surface area contributed by atoms with Crippen molar-refractivity contribution in [3.63, 3.8) is 0 Å². The zero-order valence-corrected chi connectivity index (χ0v) is 14.5. The molecule has 3 rings (SSSR count). The van der Waals surface area contributed by atoms with Gasteiger partial charge in [0, 0.05) is 31.1 Å². The zero-order chi connectivity index (χ0) is 17.8. The topological polar surface area (TPSA) is 59.0 Å². The Morgan fingerprint density at radius 1 is 1.12 bits per heavy atom. The first-order valence-electron chi connectivity index (χ1n) is 8.33. The van der Waals surface area contributed by atoms with Crippen molar-refractivity contribution in [2.45, 2.75) is 12.5 Å². The number of rotatable bonds is 6. The minimum atomic E-state index is -0.773. The number of hydrogen-bond acceptors (Lipinski definition) is 4. The fourth-order valence-corrected chi connectivity index (χ4v) is 3.55. The largest absolute Gasteiger partial charge is 0.497 e. The number of hydrogen-bond donors (Lipinski definition) is 1. The van der Waals surface area contributed by atoms with Crippen molar-refractivity contribution in [3.05, 3.63) is 59.7 Å². The van der Waals surface area contributed by atoms with Crippen molar-refractivity contribution in [2.75, 3.05) is 27.3 Å². The van der Waals surface area contributed by atoms with Gasteiger partial charge in [-0.1, -0.05) is 30.3 Å². The first-order chi connectivity index (χ1) is 12.1. The minimum absolute atomic E-state index is 0.133. The molecule has 0 spiro atoms. The Morgan fingerprint density at radius 2 is 1.88 bits per heavy atom. The summed E-state index contributed by atoms with van der Waals surface area (Å²) in [4.78, 5) is 14.0. The molecule has 0 amide bonds. The second-order valence-electron chi connectivity index (χ2n) is 6.34. The molecule has 2 aromatic carbocycles. The summed E-state index contributed by atoms with van der Waals surface area (Å²) in [5.41, 5.74) is 2.08. The van der Waals surface area contributed by atoms with E-state index in [2.05, 4.69) is 17.0 Å². The summed E-state index contributed by atoms with van der Waals surface area (Å²) in [5, 5.41) is 9.72. The van der Waals surface area contributed by atoms with E-state index in [1.165, 1.54) is 5.56 Å². The van der Waals surface area contributed by atoms with Gasteiger partial charge in [0.25, 0.3) is 0 Å². The minimum Gasteiger partial charge on any atom is -0.497 e. The van der Waals surface area contributed by atoms with Gasteiger partial charge >= 0.3 is 5.97 Å². The molecule has 2 atom stereocenters. The molecule has 1 heterocycles. The van der Waals surface area contributed by atoms with Crippen molar-refractivity contribution in [1.29, 1.82) is 0 Å². The summed E-state index contributed by atoms with van der Waals surface area (Å²) in [7, 11) is 3.22. The molecule has 1 fully saturated rings. The molecule has 2 aromatic rings. The molecule has 1 aliphatic heterocycles. The molecule has 0 radical (unpaired) electrons. The molecule has 132 valence electrons. The first-order valence-corrected chi connectivity index (χ1v) is 8.33. The van der Waals surface area contributed by atoms with Gasteiger partial charge in [-0.25, -0.2) is 0 Å². The molecular weight excluding hydrogens is 318 g/mol. The van der Waals surface area contributed by atoms with Crippen LogP contribution in [0.25, 0.3) is 0 Å². The predicted octanol–water partition coefficient (Wildman–Crippen LogP) is 3.00. The monoisotopic (exact) mass is 341 g/mol. The van der Waals surface area contributed by atoms with Gasteiger partial charge in [0.1, 0.15) is 11.5 Å². The summed E-state index contributed by atoms with van der Waals surface area (Å²) in [6.45, 7) is 1.94. The van der Waals surface area contributed by atoms with Crippen molar-refractivity contribution < 1.29 is 19.4 Å². The van der Waals surface area contributed by atoms with E-state index in [1.54, 1.807) is 14.2 Å². The summed E-state index contributed by atoms with van der Waals surface area (Å²) in [6, 6.07) is 15.7. The Balaban J connectivity index is 1.88. The van der Waals surface area contributed by atoms with Crippen molar-refractivity contribution >= 4 is 5.97 Å².